The summed E-state index contributed by atoms with van der Waals surface area (Å²) in [6.45, 7) is 12.1. The minimum absolute atomic E-state index is 0.0923. The molecule has 1 atom stereocenters. The Morgan fingerprint density at radius 1 is 1.17 bits per heavy atom. The van der Waals surface area contributed by atoms with E-state index in [9.17, 15) is 14.9 Å². The first-order chi connectivity index (χ1) is 13.7. The van der Waals surface area contributed by atoms with Crippen LogP contribution in [0.5, 0.6) is 0 Å². The highest BCUT2D eigenvalue weighted by molar-refractivity contribution is 5.99. The fraction of sp³-hybridized carbons (Fsp3) is 0.609. The van der Waals surface area contributed by atoms with Crippen LogP contribution < -0.4 is 0 Å². The molecule has 1 aliphatic rings. The van der Waals surface area contributed by atoms with Crippen LogP contribution in [0.25, 0.3) is 6.08 Å². The molecule has 1 fully saturated rings. The average molecular weight is 400 g/mol. The molecule has 6 heteroatoms. The fourth-order valence-electron chi connectivity index (χ4n) is 3.73. The number of amides is 1. The third-order valence-electron chi connectivity index (χ3n) is 5.35. The van der Waals surface area contributed by atoms with E-state index in [0.29, 0.717) is 19.0 Å². The highest BCUT2D eigenvalue weighted by atomic mass is 16.5. The van der Waals surface area contributed by atoms with Gasteiger partial charge in [0.2, 0.25) is 0 Å². The second-order valence-electron chi connectivity index (χ2n) is 8.29. The first-order valence-corrected chi connectivity index (χ1v) is 10.5. The summed E-state index contributed by atoms with van der Waals surface area (Å²) in [6, 6.07) is 3.90. The van der Waals surface area contributed by atoms with E-state index in [0.717, 1.165) is 49.2 Å². The third-order valence-corrected chi connectivity index (χ3v) is 5.35. The smallest absolute Gasteiger partial charge is 0.349 e. The van der Waals surface area contributed by atoms with Crippen molar-refractivity contribution in [1.29, 1.82) is 5.26 Å². The van der Waals surface area contributed by atoms with Crippen molar-refractivity contribution in [3.05, 3.63) is 28.6 Å². The largest absolute Gasteiger partial charge is 0.448 e. The maximum atomic E-state index is 12.6. The first kappa shape index (κ1) is 22.7. The van der Waals surface area contributed by atoms with Crippen LogP contribution in [0.2, 0.25) is 0 Å². The molecule has 0 unspecified atom stereocenters. The normalized spacial score (nSPS) is 16.3. The molecule has 0 aromatic carbocycles. The lowest BCUT2D eigenvalue weighted by molar-refractivity contribution is -0.155. The molecule has 0 saturated carbocycles. The van der Waals surface area contributed by atoms with Gasteiger partial charge in [-0.15, -0.1) is 0 Å². The van der Waals surface area contributed by atoms with Gasteiger partial charge in [-0.3, -0.25) is 4.79 Å². The zero-order valence-corrected chi connectivity index (χ0v) is 18.3. The molecular weight excluding hydrogens is 366 g/mol. The Kier molecular flexibility index (Phi) is 8.07. The molecule has 2 rings (SSSR count). The first-order valence-electron chi connectivity index (χ1n) is 10.5. The number of esters is 1. The molecule has 1 aliphatic heterocycles. The lowest BCUT2D eigenvalue weighted by Crippen LogP contribution is -2.40. The van der Waals surface area contributed by atoms with Crippen molar-refractivity contribution in [3.63, 3.8) is 0 Å². The Labute approximate surface area is 174 Å². The predicted molar refractivity (Wildman–Crippen MR) is 113 cm³/mol. The SMILES string of the molecule is Cc1cc(/C=C(\C#N)C(=O)O[C@@H](C)C(=O)N2CCCCCC2)c(C)n1CC(C)C. The monoisotopic (exact) mass is 399 g/mol. The van der Waals surface area contributed by atoms with Crippen molar-refractivity contribution >= 4 is 18.0 Å². The Morgan fingerprint density at radius 2 is 1.79 bits per heavy atom. The highest BCUT2D eigenvalue weighted by Gasteiger charge is 2.26. The van der Waals surface area contributed by atoms with Crippen molar-refractivity contribution in [3.8, 4) is 6.07 Å². The van der Waals surface area contributed by atoms with E-state index in [1.54, 1.807) is 17.9 Å². The summed E-state index contributed by atoms with van der Waals surface area (Å²) in [5.74, 6) is -0.452. The van der Waals surface area contributed by atoms with Crippen LogP contribution in [0.3, 0.4) is 0 Å². The Bertz CT molecular complexity index is 806. The summed E-state index contributed by atoms with van der Waals surface area (Å²) in [4.78, 5) is 26.9. The summed E-state index contributed by atoms with van der Waals surface area (Å²) in [5, 5.41) is 9.49. The van der Waals surface area contributed by atoms with Crippen molar-refractivity contribution < 1.29 is 14.3 Å². The third kappa shape index (κ3) is 5.96. The van der Waals surface area contributed by atoms with E-state index in [-0.39, 0.29) is 11.5 Å². The molecule has 0 bridgehead atoms. The second kappa shape index (κ2) is 10.3. The van der Waals surface area contributed by atoms with Gasteiger partial charge in [-0.2, -0.15) is 5.26 Å². The van der Waals surface area contributed by atoms with Gasteiger partial charge in [-0.05, 0) is 57.2 Å². The number of likely N-dealkylation sites (tertiary alicyclic amines) is 1. The molecule has 2 heterocycles. The van der Waals surface area contributed by atoms with Crippen molar-refractivity contribution in [2.75, 3.05) is 13.1 Å². The molecule has 29 heavy (non-hydrogen) atoms. The lowest BCUT2D eigenvalue weighted by atomic mass is 10.1. The molecule has 0 aliphatic carbocycles. The summed E-state index contributed by atoms with van der Waals surface area (Å²) in [5.41, 5.74) is 2.82. The van der Waals surface area contributed by atoms with E-state index < -0.39 is 12.1 Å². The number of rotatable bonds is 6. The van der Waals surface area contributed by atoms with Gasteiger partial charge in [0.25, 0.3) is 5.91 Å². The van der Waals surface area contributed by atoms with Gasteiger partial charge in [0.1, 0.15) is 11.6 Å². The van der Waals surface area contributed by atoms with Crippen LogP contribution in [-0.4, -0.2) is 40.5 Å². The molecule has 1 aromatic heterocycles. The van der Waals surface area contributed by atoms with Gasteiger partial charge in [-0.25, -0.2) is 4.79 Å². The fourth-order valence-corrected chi connectivity index (χ4v) is 3.73. The van der Waals surface area contributed by atoms with Crippen molar-refractivity contribution in [2.45, 2.75) is 73.0 Å². The number of carbonyl (C=O) groups is 2. The maximum absolute atomic E-state index is 12.6. The van der Waals surface area contributed by atoms with Gasteiger partial charge in [0, 0.05) is 31.0 Å². The number of nitrogens with zero attached hydrogens (tertiary/aromatic N) is 3. The Morgan fingerprint density at radius 3 is 2.34 bits per heavy atom. The molecule has 158 valence electrons. The van der Waals surface area contributed by atoms with Crippen LogP contribution in [0.15, 0.2) is 11.6 Å². The summed E-state index contributed by atoms with van der Waals surface area (Å²) >= 11 is 0. The number of aryl methyl sites for hydroxylation is 1. The van der Waals surface area contributed by atoms with E-state index in [4.69, 9.17) is 4.74 Å². The van der Waals surface area contributed by atoms with E-state index >= 15 is 0 Å². The number of hydrogen-bond donors (Lipinski definition) is 0. The predicted octanol–water partition coefficient (Wildman–Crippen LogP) is 4.00. The summed E-state index contributed by atoms with van der Waals surface area (Å²) in [7, 11) is 0. The van der Waals surface area contributed by atoms with Gasteiger partial charge in [0.05, 0.1) is 0 Å². The van der Waals surface area contributed by atoms with E-state index in [1.165, 1.54) is 0 Å². The zero-order valence-electron chi connectivity index (χ0n) is 18.3. The number of hydrogen-bond acceptors (Lipinski definition) is 4. The van der Waals surface area contributed by atoms with E-state index in [2.05, 4.69) is 18.4 Å². The van der Waals surface area contributed by atoms with Gasteiger partial charge in [0.15, 0.2) is 6.10 Å². The van der Waals surface area contributed by atoms with Gasteiger partial charge in [-0.1, -0.05) is 26.7 Å². The molecule has 0 N–H and O–H groups in total. The van der Waals surface area contributed by atoms with Crippen molar-refractivity contribution in [1.82, 2.24) is 9.47 Å². The molecule has 0 spiro atoms. The average Bonchev–Trinajstić information content (AvgIpc) is 2.88. The van der Waals surface area contributed by atoms with Crippen molar-refractivity contribution in [2.24, 2.45) is 5.92 Å². The lowest BCUT2D eigenvalue weighted by Gasteiger charge is -2.23. The maximum Gasteiger partial charge on any atom is 0.349 e. The number of ether oxygens (including phenoxy) is 1. The van der Waals surface area contributed by atoms with Crippen LogP contribution in [0, 0.1) is 31.1 Å². The molecule has 1 aromatic rings. The quantitative estimate of drug-likeness (QED) is 0.412. The molecule has 1 amide bonds. The number of aromatic nitrogens is 1. The minimum atomic E-state index is -0.897. The standard InChI is InChI=1S/C23H33N3O3/c1-16(2)15-26-17(3)12-20(18(26)4)13-21(14-24)23(28)29-19(5)22(27)25-10-8-6-7-9-11-25/h12-13,16,19H,6-11,15H2,1-5H3/b21-13+/t19-/m0/s1. The topological polar surface area (TPSA) is 75.3 Å². The number of carbonyl (C=O) groups excluding carboxylic acids is 2. The van der Waals surface area contributed by atoms with Gasteiger partial charge >= 0.3 is 5.97 Å². The summed E-state index contributed by atoms with van der Waals surface area (Å²) < 4.78 is 7.53. The van der Waals surface area contributed by atoms with Gasteiger partial charge < -0.3 is 14.2 Å². The second-order valence-corrected chi connectivity index (χ2v) is 8.29. The highest BCUT2D eigenvalue weighted by Crippen LogP contribution is 2.20. The molecule has 1 saturated heterocycles. The molecular formula is C23H33N3O3. The summed E-state index contributed by atoms with van der Waals surface area (Å²) in [6.07, 6.45) is 4.85. The number of nitriles is 1. The van der Waals surface area contributed by atoms with Crippen LogP contribution in [-0.2, 0) is 20.9 Å². The van der Waals surface area contributed by atoms with Crippen LogP contribution in [0.4, 0.5) is 0 Å². The Hall–Kier alpha value is -2.55. The zero-order chi connectivity index (χ0) is 21.6. The minimum Gasteiger partial charge on any atom is -0.448 e. The van der Waals surface area contributed by atoms with E-state index in [1.807, 2.05) is 26.0 Å². The Balaban J connectivity index is 2.12. The van der Waals surface area contributed by atoms with Crippen LogP contribution >= 0.6 is 0 Å². The molecule has 6 nitrogen and oxygen atoms in total. The molecule has 0 radical (unpaired) electrons. The van der Waals surface area contributed by atoms with Crippen LogP contribution in [0.1, 0.15) is 63.4 Å².